The van der Waals surface area contributed by atoms with E-state index in [4.69, 9.17) is 11.6 Å². The molecule has 0 aliphatic carbocycles. The van der Waals surface area contributed by atoms with E-state index >= 15 is 0 Å². The molecule has 1 aromatic heterocycles. The van der Waals surface area contributed by atoms with Crippen molar-refractivity contribution in [3.05, 3.63) is 98.2 Å². The standard InChI is InChI=1S/C21H17ClN2O3S2/c22-17-8-6-16(7-9-17)14-24-18-10-11-28-21(18)20(25)19(29(24,26)27)13-23-12-15-4-2-1-3-5-15/h1-11,13,23H,12,14H2/b19-13-. The Kier molecular flexibility index (Phi) is 5.45. The van der Waals surface area contributed by atoms with Gasteiger partial charge in [0.1, 0.15) is 4.88 Å². The Morgan fingerprint density at radius 1 is 1.00 bits per heavy atom. The van der Waals surface area contributed by atoms with Crippen LogP contribution in [0.5, 0.6) is 0 Å². The molecule has 148 valence electrons. The third kappa shape index (κ3) is 3.94. The molecule has 5 nitrogen and oxygen atoms in total. The summed E-state index contributed by atoms with van der Waals surface area (Å²) in [5, 5.41) is 5.28. The minimum absolute atomic E-state index is 0.118. The second-order valence-electron chi connectivity index (χ2n) is 6.48. The molecule has 0 saturated heterocycles. The third-order valence-corrected chi connectivity index (χ3v) is 7.45. The van der Waals surface area contributed by atoms with Crippen LogP contribution >= 0.6 is 22.9 Å². The van der Waals surface area contributed by atoms with Gasteiger partial charge >= 0.3 is 0 Å². The van der Waals surface area contributed by atoms with Crippen molar-refractivity contribution < 1.29 is 13.2 Å². The quantitative estimate of drug-likeness (QED) is 0.585. The smallest absolute Gasteiger partial charge is 0.270 e. The maximum atomic E-state index is 13.3. The van der Waals surface area contributed by atoms with Crippen LogP contribution in [0.4, 0.5) is 5.69 Å². The summed E-state index contributed by atoms with van der Waals surface area (Å²) >= 11 is 7.17. The number of hydrogen-bond acceptors (Lipinski definition) is 5. The Balaban J connectivity index is 1.67. The van der Waals surface area contributed by atoms with E-state index in [2.05, 4.69) is 5.32 Å². The van der Waals surface area contributed by atoms with Crippen molar-refractivity contribution in [2.24, 2.45) is 0 Å². The maximum Gasteiger partial charge on any atom is 0.270 e. The summed E-state index contributed by atoms with van der Waals surface area (Å²) in [6.45, 7) is 0.536. The number of anilines is 1. The van der Waals surface area contributed by atoms with Gasteiger partial charge in [0.2, 0.25) is 5.78 Å². The van der Waals surface area contributed by atoms with Crippen molar-refractivity contribution in [3.8, 4) is 0 Å². The number of Topliss-reactive ketones (excluding diaryl/α,β-unsaturated/α-hetero) is 1. The van der Waals surface area contributed by atoms with Gasteiger partial charge < -0.3 is 5.32 Å². The molecular formula is C21H17ClN2O3S2. The van der Waals surface area contributed by atoms with Gasteiger partial charge in [0, 0.05) is 17.8 Å². The molecule has 8 heteroatoms. The molecule has 0 bridgehead atoms. The van der Waals surface area contributed by atoms with E-state index in [9.17, 15) is 13.2 Å². The number of hydrogen-bond donors (Lipinski definition) is 1. The molecule has 0 fully saturated rings. The zero-order valence-corrected chi connectivity index (χ0v) is 17.6. The average Bonchev–Trinajstić information content (AvgIpc) is 3.20. The average molecular weight is 445 g/mol. The molecule has 0 spiro atoms. The highest BCUT2D eigenvalue weighted by Crippen LogP contribution is 2.39. The first-order chi connectivity index (χ1) is 14.0. The van der Waals surface area contributed by atoms with Crippen LogP contribution in [0.3, 0.4) is 0 Å². The Bertz CT molecular complexity index is 1170. The summed E-state index contributed by atoms with van der Waals surface area (Å²) < 4.78 is 27.8. The number of carbonyl (C=O) groups is 1. The monoisotopic (exact) mass is 444 g/mol. The van der Waals surface area contributed by atoms with Gasteiger partial charge in [-0.3, -0.25) is 9.10 Å². The number of ketones is 1. The van der Waals surface area contributed by atoms with E-state index in [1.165, 1.54) is 21.8 Å². The molecule has 0 atom stereocenters. The van der Waals surface area contributed by atoms with Crippen molar-refractivity contribution in [3.63, 3.8) is 0 Å². The lowest BCUT2D eigenvalue weighted by Gasteiger charge is -2.29. The summed E-state index contributed by atoms with van der Waals surface area (Å²) in [5.41, 5.74) is 2.18. The van der Waals surface area contributed by atoms with Crippen molar-refractivity contribution in [1.29, 1.82) is 0 Å². The highest BCUT2D eigenvalue weighted by atomic mass is 35.5. The maximum absolute atomic E-state index is 13.3. The van der Waals surface area contributed by atoms with E-state index in [0.717, 1.165) is 11.1 Å². The van der Waals surface area contributed by atoms with Gasteiger partial charge in [-0.05, 0) is 34.7 Å². The van der Waals surface area contributed by atoms with Gasteiger partial charge in [-0.25, -0.2) is 8.42 Å². The zero-order valence-electron chi connectivity index (χ0n) is 15.2. The van der Waals surface area contributed by atoms with Crippen LogP contribution < -0.4 is 9.62 Å². The number of thiophene rings is 1. The molecule has 2 heterocycles. The first-order valence-corrected chi connectivity index (χ1v) is 11.5. The third-order valence-electron chi connectivity index (χ3n) is 4.53. The highest BCUT2D eigenvalue weighted by molar-refractivity contribution is 7.97. The van der Waals surface area contributed by atoms with Crippen molar-refractivity contribution in [2.45, 2.75) is 13.1 Å². The number of nitrogens with zero attached hydrogens (tertiary/aromatic N) is 1. The largest absolute Gasteiger partial charge is 0.386 e. The highest BCUT2D eigenvalue weighted by Gasteiger charge is 2.41. The summed E-state index contributed by atoms with van der Waals surface area (Å²) in [6.07, 6.45) is 1.31. The fraction of sp³-hybridized carbons (Fsp3) is 0.0952. The Morgan fingerprint density at radius 2 is 1.72 bits per heavy atom. The summed E-state index contributed by atoms with van der Waals surface area (Å²) in [7, 11) is -4.00. The molecule has 1 aliphatic heterocycles. The lowest BCUT2D eigenvalue weighted by molar-refractivity contribution is 0.104. The van der Waals surface area contributed by atoms with E-state index in [1.807, 2.05) is 30.3 Å². The lowest BCUT2D eigenvalue weighted by atomic mass is 10.2. The minimum atomic E-state index is -4.00. The molecular weight excluding hydrogens is 428 g/mol. The van der Waals surface area contributed by atoms with Gasteiger partial charge in [0.25, 0.3) is 10.0 Å². The topological polar surface area (TPSA) is 66.5 Å². The number of nitrogens with one attached hydrogen (secondary N) is 1. The van der Waals surface area contributed by atoms with Crippen molar-refractivity contribution >= 4 is 44.4 Å². The molecule has 4 rings (SSSR count). The molecule has 2 aromatic carbocycles. The second kappa shape index (κ2) is 8.02. The predicted octanol–water partition coefficient (Wildman–Crippen LogP) is 4.57. The fourth-order valence-electron chi connectivity index (χ4n) is 3.07. The van der Waals surface area contributed by atoms with Gasteiger partial charge in [-0.2, -0.15) is 0 Å². The number of benzene rings is 2. The van der Waals surface area contributed by atoms with Crippen LogP contribution in [-0.4, -0.2) is 14.2 Å². The Hall–Kier alpha value is -2.61. The van der Waals surface area contributed by atoms with Crippen LogP contribution in [0, 0.1) is 0 Å². The zero-order chi connectivity index (χ0) is 20.4. The number of halogens is 1. The van der Waals surface area contributed by atoms with E-state index in [0.29, 0.717) is 22.1 Å². The molecule has 29 heavy (non-hydrogen) atoms. The first-order valence-electron chi connectivity index (χ1n) is 8.83. The first kappa shape index (κ1) is 19.7. The van der Waals surface area contributed by atoms with Crippen LogP contribution in [-0.2, 0) is 23.1 Å². The number of allylic oxidation sites excluding steroid dienone is 1. The minimum Gasteiger partial charge on any atom is -0.386 e. The molecule has 0 radical (unpaired) electrons. The van der Waals surface area contributed by atoms with Crippen LogP contribution in [0.25, 0.3) is 0 Å². The van der Waals surface area contributed by atoms with E-state index in [1.54, 1.807) is 35.7 Å². The number of rotatable bonds is 5. The summed E-state index contributed by atoms with van der Waals surface area (Å²) in [5.74, 6) is -0.483. The molecule has 1 N–H and O–H groups in total. The van der Waals surface area contributed by atoms with Crippen molar-refractivity contribution in [1.82, 2.24) is 5.32 Å². The Morgan fingerprint density at radius 3 is 2.45 bits per heavy atom. The van der Waals surface area contributed by atoms with Crippen LogP contribution in [0.2, 0.25) is 5.02 Å². The van der Waals surface area contributed by atoms with E-state index < -0.39 is 15.8 Å². The van der Waals surface area contributed by atoms with Crippen molar-refractivity contribution in [2.75, 3.05) is 4.31 Å². The molecule has 0 unspecified atom stereocenters. The fourth-order valence-corrected chi connectivity index (χ4v) is 5.70. The SMILES string of the molecule is O=C1/C(=C/NCc2ccccc2)S(=O)(=O)N(Cc2ccc(Cl)cc2)c2ccsc21. The number of carbonyl (C=O) groups excluding carboxylic acids is 1. The lowest BCUT2D eigenvalue weighted by Crippen LogP contribution is -2.38. The van der Waals surface area contributed by atoms with Gasteiger partial charge in [-0.15, -0.1) is 11.3 Å². The predicted molar refractivity (Wildman–Crippen MR) is 117 cm³/mol. The van der Waals surface area contributed by atoms with Crippen LogP contribution in [0.15, 0.2) is 77.1 Å². The molecule has 0 amide bonds. The summed E-state index contributed by atoms with van der Waals surface area (Å²) in [4.78, 5) is 13.0. The van der Waals surface area contributed by atoms with Gasteiger partial charge in [0.15, 0.2) is 4.91 Å². The molecule has 1 aliphatic rings. The molecule has 3 aromatic rings. The van der Waals surface area contributed by atoms with Gasteiger partial charge in [0.05, 0.1) is 12.2 Å². The van der Waals surface area contributed by atoms with E-state index in [-0.39, 0.29) is 11.4 Å². The normalized spacial score (nSPS) is 16.7. The Labute approximate surface area is 178 Å². The number of sulfonamides is 1. The van der Waals surface area contributed by atoms with Gasteiger partial charge in [-0.1, -0.05) is 54.1 Å². The van der Waals surface area contributed by atoms with Crippen LogP contribution in [0.1, 0.15) is 20.8 Å². The summed E-state index contributed by atoms with van der Waals surface area (Å²) in [6, 6.07) is 18.2. The molecule has 0 saturated carbocycles. The second-order valence-corrected chi connectivity index (χ2v) is 9.66. The number of fused-ring (bicyclic) bond motifs is 1.